The quantitative estimate of drug-likeness (QED) is 0.746. The first-order valence-corrected chi connectivity index (χ1v) is 7.63. The third-order valence-corrected chi connectivity index (χ3v) is 4.25. The van der Waals surface area contributed by atoms with Crippen molar-refractivity contribution in [2.24, 2.45) is 0 Å². The molecule has 6 nitrogen and oxygen atoms in total. The Morgan fingerprint density at radius 2 is 2.20 bits per heavy atom. The Balaban J connectivity index is 1.71. The summed E-state index contributed by atoms with van der Waals surface area (Å²) in [6.45, 7) is 0.319. The minimum absolute atomic E-state index is 0.108. The molecular formula is C13H16N4O2S. The highest BCUT2D eigenvalue weighted by Crippen LogP contribution is 2.21. The summed E-state index contributed by atoms with van der Waals surface area (Å²) in [6.07, 6.45) is 5.31. The monoisotopic (exact) mass is 292 g/mol. The Morgan fingerprint density at radius 3 is 3.00 bits per heavy atom. The van der Waals surface area contributed by atoms with Gasteiger partial charge in [-0.2, -0.15) is 5.10 Å². The number of hydrogen-bond acceptors (Lipinski definition) is 4. The van der Waals surface area contributed by atoms with Crippen LogP contribution in [0.5, 0.6) is 0 Å². The topological polar surface area (TPSA) is 90.6 Å². The molecule has 3 N–H and O–H groups in total. The van der Waals surface area contributed by atoms with Crippen LogP contribution in [0, 0.1) is 0 Å². The molecule has 1 aliphatic carbocycles. The van der Waals surface area contributed by atoms with E-state index in [4.69, 9.17) is 0 Å². The van der Waals surface area contributed by atoms with Crippen LogP contribution in [0.2, 0.25) is 0 Å². The molecule has 0 aromatic carbocycles. The number of nitrogens with zero attached hydrogens (tertiary/aromatic N) is 1. The second-order valence-electron chi connectivity index (χ2n) is 4.95. The maximum atomic E-state index is 12.2. The number of aromatic nitrogens is 3. The van der Waals surface area contributed by atoms with Crippen molar-refractivity contribution >= 4 is 17.2 Å². The smallest absolute Gasteiger partial charge is 0.304 e. The molecule has 0 saturated carbocycles. The molecule has 0 bridgehead atoms. The highest BCUT2D eigenvalue weighted by atomic mass is 32.1. The van der Waals surface area contributed by atoms with Gasteiger partial charge >= 0.3 is 4.87 Å². The van der Waals surface area contributed by atoms with Crippen LogP contribution in [0.1, 0.15) is 46.7 Å². The molecule has 106 valence electrons. The van der Waals surface area contributed by atoms with E-state index in [1.807, 2.05) is 0 Å². The Labute approximate surface area is 119 Å². The fraction of sp³-hybridized carbons (Fsp3) is 0.462. The highest BCUT2D eigenvalue weighted by molar-refractivity contribution is 7.07. The third-order valence-electron chi connectivity index (χ3n) is 3.53. The Morgan fingerprint density at radius 1 is 1.35 bits per heavy atom. The first kappa shape index (κ1) is 13.1. The summed E-state index contributed by atoms with van der Waals surface area (Å²) < 4.78 is 0. The number of aryl methyl sites for hydroxylation is 1. The fourth-order valence-corrected chi connectivity index (χ4v) is 3.09. The number of carbonyl (C=O) groups is 1. The lowest BCUT2D eigenvalue weighted by Crippen LogP contribution is -2.24. The molecule has 2 heterocycles. The molecule has 0 saturated heterocycles. The average molecular weight is 292 g/mol. The van der Waals surface area contributed by atoms with Gasteiger partial charge in [-0.25, -0.2) is 0 Å². The van der Waals surface area contributed by atoms with Gasteiger partial charge in [-0.15, -0.1) is 0 Å². The molecule has 0 spiro atoms. The van der Waals surface area contributed by atoms with E-state index >= 15 is 0 Å². The molecule has 7 heteroatoms. The lowest BCUT2D eigenvalue weighted by atomic mass is 10.1. The van der Waals surface area contributed by atoms with Crippen molar-refractivity contribution in [3.8, 4) is 0 Å². The maximum Gasteiger partial charge on any atom is 0.304 e. The van der Waals surface area contributed by atoms with Crippen molar-refractivity contribution in [2.75, 3.05) is 0 Å². The molecule has 0 fully saturated rings. The lowest BCUT2D eigenvalue weighted by Gasteiger charge is -2.03. The third kappa shape index (κ3) is 2.67. The predicted molar refractivity (Wildman–Crippen MR) is 76.0 cm³/mol. The van der Waals surface area contributed by atoms with Gasteiger partial charge in [-0.05, 0) is 25.7 Å². The molecule has 1 amide bonds. The van der Waals surface area contributed by atoms with Crippen molar-refractivity contribution in [1.82, 2.24) is 20.5 Å². The molecule has 2 aromatic heterocycles. The van der Waals surface area contributed by atoms with E-state index in [9.17, 15) is 9.59 Å². The van der Waals surface area contributed by atoms with E-state index in [1.54, 1.807) is 5.38 Å². The van der Waals surface area contributed by atoms with Crippen molar-refractivity contribution in [1.29, 1.82) is 0 Å². The summed E-state index contributed by atoms with van der Waals surface area (Å²) in [4.78, 5) is 25.8. The minimum atomic E-state index is -0.184. The Kier molecular flexibility index (Phi) is 3.68. The van der Waals surface area contributed by atoms with Crippen LogP contribution in [-0.4, -0.2) is 21.1 Å². The van der Waals surface area contributed by atoms with Crippen LogP contribution in [0.3, 0.4) is 0 Å². The first-order valence-electron chi connectivity index (χ1n) is 6.75. The Bertz CT molecular complexity index is 670. The minimum Gasteiger partial charge on any atom is -0.345 e. The van der Waals surface area contributed by atoms with Gasteiger partial charge in [0.25, 0.3) is 5.91 Å². The number of amides is 1. The lowest BCUT2D eigenvalue weighted by molar-refractivity contribution is 0.0944. The molecule has 3 rings (SSSR count). The number of thiazole rings is 1. The number of rotatable bonds is 3. The highest BCUT2D eigenvalue weighted by Gasteiger charge is 2.20. The van der Waals surface area contributed by atoms with Gasteiger partial charge in [0.15, 0.2) is 5.69 Å². The summed E-state index contributed by atoms with van der Waals surface area (Å²) in [5, 5.41) is 11.6. The van der Waals surface area contributed by atoms with E-state index in [-0.39, 0.29) is 10.8 Å². The van der Waals surface area contributed by atoms with E-state index < -0.39 is 0 Å². The van der Waals surface area contributed by atoms with Crippen molar-refractivity contribution in [3.05, 3.63) is 37.7 Å². The number of aromatic amines is 2. The number of hydrogen-bond donors (Lipinski definition) is 3. The van der Waals surface area contributed by atoms with Crippen LogP contribution in [0.4, 0.5) is 0 Å². The standard InChI is InChI=1S/C13H16N4O2S/c18-12(14-6-8-7-20-13(19)15-8)11-9-4-2-1-3-5-10(9)16-17-11/h7H,1-6H2,(H,14,18)(H,15,19)(H,16,17). The van der Waals surface area contributed by atoms with Gasteiger partial charge in [0, 0.05) is 22.3 Å². The zero-order valence-electron chi connectivity index (χ0n) is 11.0. The van der Waals surface area contributed by atoms with Gasteiger partial charge < -0.3 is 10.3 Å². The molecular weight excluding hydrogens is 276 g/mol. The van der Waals surface area contributed by atoms with Crippen LogP contribution in [0.25, 0.3) is 0 Å². The van der Waals surface area contributed by atoms with Crippen molar-refractivity contribution in [3.63, 3.8) is 0 Å². The molecule has 0 unspecified atom stereocenters. The molecule has 20 heavy (non-hydrogen) atoms. The fourth-order valence-electron chi connectivity index (χ4n) is 2.51. The predicted octanol–water partition coefficient (Wildman–Crippen LogP) is 1.36. The van der Waals surface area contributed by atoms with Gasteiger partial charge in [-0.3, -0.25) is 14.7 Å². The van der Waals surface area contributed by atoms with Crippen LogP contribution >= 0.6 is 11.3 Å². The van der Waals surface area contributed by atoms with Gasteiger partial charge in [0.2, 0.25) is 0 Å². The summed E-state index contributed by atoms with van der Waals surface area (Å²) >= 11 is 1.09. The van der Waals surface area contributed by atoms with Crippen molar-refractivity contribution < 1.29 is 4.79 Å². The van der Waals surface area contributed by atoms with E-state index in [1.165, 1.54) is 6.42 Å². The molecule has 0 aliphatic heterocycles. The second kappa shape index (κ2) is 5.62. The van der Waals surface area contributed by atoms with Crippen LogP contribution in [0.15, 0.2) is 10.2 Å². The van der Waals surface area contributed by atoms with E-state index in [0.717, 1.165) is 54.0 Å². The number of fused-ring (bicyclic) bond motifs is 1. The van der Waals surface area contributed by atoms with Crippen LogP contribution < -0.4 is 10.2 Å². The molecule has 2 aromatic rings. The summed E-state index contributed by atoms with van der Waals surface area (Å²) in [5.41, 5.74) is 3.37. The number of nitrogens with one attached hydrogen (secondary N) is 3. The molecule has 0 atom stereocenters. The number of carbonyl (C=O) groups excluding carboxylic acids is 1. The zero-order chi connectivity index (χ0) is 13.9. The maximum absolute atomic E-state index is 12.2. The first-order chi connectivity index (χ1) is 9.74. The normalized spacial score (nSPS) is 14.6. The molecule has 0 radical (unpaired) electrons. The second-order valence-corrected chi connectivity index (χ2v) is 5.79. The average Bonchev–Trinajstić information content (AvgIpc) is 2.96. The largest absolute Gasteiger partial charge is 0.345 e. The van der Waals surface area contributed by atoms with Crippen LogP contribution in [-0.2, 0) is 19.4 Å². The van der Waals surface area contributed by atoms with E-state index in [0.29, 0.717) is 12.2 Å². The van der Waals surface area contributed by atoms with Gasteiger partial charge in [-0.1, -0.05) is 17.8 Å². The SMILES string of the molecule is O=C(NCc1csc(=O)[nH]1)c1n[nH]c2c1CCCCC2. The van der Waals surface area contributed by atoms with Gasteiger partial charge in [0.1, 0.15) is 0 Å². The zero-order valence-corrected chi connectivity index (χ0v) is 11.8. The number of H-pyrrole nitrogens is 2. The summed E-state index contributed by atoms with van der Waals surface area (Å²) in [6, 6.07) is 0. The Hall–Kier alpha value is -1.89. The van der Waals surface area contributed by atoms with Crippen molar-refractivity contribution in [2.45, 2.75) is 38.6 Å². The van der Waals surface area contributed by atoms with E-state index in [2.05, 4.69) is 20.5 Å². The van der Waals surface area contributed by atoms with Gasteiger partial charge in [0.05, 0.1) is 6.54 Å². The summed E-state index contributed by atoms with van der Waals surface area (Å²) in [5.74, 6) is -0.184. The summed E-state index contributed by atoms with van der Waals surface area (Å²) in [7, 11) is 0. The molecule has 1 aliphatic rings.